The second kappa shape index (κ2) is 12.1. The Morgan fingerprint density at radius 1 is 1.14 bits per heavy atom. The Morgan fingerprint density at radius 3 is 2.62 bits per heavy atom. The predicted octanol–water partition coefficient (Wildman–Crippen LogP) is 3.70. The number of benzene rings is 1. The van der Waals surface area contributed by atoms with E-state index in [1.807, 2.05) is 24.3 Å². The number of fused-ring (bicyclic) bond motifs is 1. The highest BCUT2D eigenvalue weighted by molar-refractivity contribution is 7.99. The Balaban J connectivity index is 0.000000176. The summed E-state index contributed by atoms with van der Waals surface area (Å²) in [6, 6.07) is 7.68. The first kappa shape index (κ1) is 18.5. The highest BCUT2D eigenvalue weighted by atomic mass is 32.2. The van der Waals surface area contributed by atoms with Crippen molar-refractivity contribution in [3.8, 4) is 0 Å². The standard InChI is InChI=1S/C7H7NOS.C5H11NS.C4H10/c9-10-5-8-6-3-1-2-4-7(6)10;1-2-6-3-5-7-4-1;1-3-4-2/h1-4,8H,5H2;6H,1-5H2;3-4H2,1-2H3. The minimum absolute atomic E-state index is 0.569. The van der Waals surface area contributed by atoms with E-state index >= 15 is 0 Å². The number of anilines is 1. The average molecular weight is 329 g/mol. The predicted molar refractivity (Wildman–Crippen MR) is 96.7 cm³/mol. The molecule has 120 valence electrons. The average Bonchev–Trinajstić information content (AvgIpc) is 2.76. The Hall–Kier alpha value is -0.520. The maximum absolute atomic E-state index is 11.1. The number of rotatable bonds is 1. The molecule has 5 heteroatoms. The van der Waals surface area contributed by atoms with E-state index in [-0.39, 0.29) is 0 Å². The highest BCUT2D eigenvalue weighted by Gasteiger charge is 2.15. The van der Waals surface area contributed by atoms with Gasteiger partial charge in [-0.1, -0.05) is 38.8 Å². The molecular weight excluding hydrogens is 300 g/mol. The lowest BCUT2D eigenvalue weighted by Crippen LogP contribution is -2.15. The third kappa shape index (κ3) is 7.88. The van der Waals surface area contributed by atoms with E-state index in [2.05, 4.69) is 36.2 Å². The molecule has 2 heterocycles. The molecule has 1 aromatic carbocycles. The summed E-state index contributed by atoms with van der Waals surface area (Å²) < 4.78 is 11.1. The Bertz CT molecular complexity index is 391. The molecule has 0 aliphatic carbocycles. The lowest BCUT2D eigenvalue weighted by molar-refractivity contribution is 0.686. The largest absolute Gasteiger partial charge is 0.372 e. The molecule has 0 spiro atoms. The summed E-state index contributed by atoms with van der Waals surface area (Å²) in [6.07, 6.45) is 3.99. The van der Waals surface area contributed by atoms with Gasteiger partial charge in [-0.05, 0) is 30.9 Å². The molecule has 0 amide bonds. The zero-order valence-corrected chi connectivity index (χ0v) is 14.8. The minimum Gasteiger partial charge on any atom is -0.372 e. The normalized spacial score (nSPS) is 19.8. The van der Waals surface area contributed by atoms with Crippen molar-refractivity contribution in [1.29, 1.82) is 0 Å². The maximum atomic E-state index is 11.1. The summed E-state index contributed by atoms with van der Waals surface area (Å²) in [6.45, 7) is 6.80. The summed E-state index contributed by atoms with van der Waals surface area (Å²) in [5.41, 5.74) is 1.01. The molecule has 2 aliphatic heterocycles. The number of thioether (sulfide) groups is 1. The maximum Gasteiger partial charge on any atom is 0.0959 e. The molecule has 0 saturated carbocycles. The highest BCUT2D eigenvalue weighted by Crippen LogP contribution is 2.24. The Morgan fingerprint density at radius 2 is 1.90 bits per heavy atom. The summed E-state index contributed by atoms with van der Waals surface area (Å²) >= 11 is 2.05. The van der Waals surface area contributed by atoms with Crippen LogP contribution in [0.1, 0.15) is 33.1 Å². The van der Waals surface area contributed by atoms with Crippen molar-refractivity contribution >= 4 is 28.2 Å². The van der Waals surface area contributed by atoms with Gasteiger partial charge >= 0.3 is 0 Å². The van der Waals surface area contributed by atoms with E-state index in [1.165, 1.54) is 43.9 Å². The van der Waals surface area contributed by atoms with Crippen molar-refractivity contribution in [3.63, 3.8) is 0 Å². The van der Waals surface area contributed by atoms with Crippen LogP contribution >= 0.6 is 11.8 Å². The SMILES string of the molecule is C1CNCCSC1.CCCC.O=S1CNc2ccccc21. The van der Waals surface area contributed by atoms with Crippen molar-refractivity contribution in [3.05, 3.63) is 24.3 Å². The molecule has 0 bridgehead atoms. The van der Waals surface area contributed by atoms with Gasteiger partial charge in [-0.3, -0.25) is 4.21 Å². The smallest absolute Gasteiger partial charge is 0.0959 e. The van der Waals surface area contributed by atoms with Crippen LogP contribution in [-0.2, 0) is 10.8 Å². The van der Waals surface area contributed by atoms with Crippen LogP contribution in [0.2, 0.25) is 0 Å². The van der Waals surface area contributed by atoms with Crippen LogP contribution in [0.15, 0.2) is 29.2 Å². The third-order valence-corrected chi connectivity index (χ3v) is 5.41. The first-order valence-electron chi connectivity index (χ1n) is 7.79. The van der Waals surface area contributed by atoms with Crippen LogP contribution in [-0.4, -0.2) is 34.7 Å². The lowest BCUT2D eigenvalue weighted by atomic mass is 10.3. The van der Waals surface area contributed by atoms with E-state index in [0.29, 0.717) is 5.88 Å². The monoisotopic (exact) mass is 328 g/mol. The molecule has 1 aromatic rings. The summed E-state index contributed by atoms with van der Waals surface area (Å²) in [7, 11) is -0.809. The summed E-state index contributed by atoms with van der Waals surface area (Å²) in [5, 5.41) is 6.38. The fraction of sp³-hybridized carbons (Fsp3) is 0.625. The van der Waals surface area contributed by atoms with E-state index in [9.17, 15) is 4.21 Å². The molecule has 1 unspecified atom stereocenters. The van der Waals surface area contributed by atoms with Gasteiger partial charge in [0.05, 0.1) is 27.3 Å². The zero-order valence-electron chi connectivity index (χ0n) is 13.2. The molecule has 1 atom stereocenters. The number of unbranched alkanes of at least 4 members (excludes halogenated alkanes) is 1. The number of hydrogen-bond donors (Lipinski definition) is 2. The van der Waals surface area contributed by atoms with Crippen LogP contribution in [0.5, 0.6) is 0 Å². The van der Waals surface area contributed by atoms with Gasteiger partial charge in [-0.2, -0.15) is 11.8 Å². The van der Waals surface area contributed by atoms with Crippen LogP contribution in [0, 0.1) is 0 Å². The molecule has 1 fully saturated rings. The van der Waals surface area contributed by atoms with Crippen molar-refractivity contribution in [2.75, 3.05) is 35.8 Å². The second-order valence-corrected chi connectivity index (χ2v) is 7.52. The molecule has 0 radical (unpaired) electrons. The number of hydrogen-bond acceptors (Lipinski definition) is 4. The fourth-order valence-corrected chi connectivity index (χ4v) is 3.60. The van der Waals surface area contributed by atoms with Crippen LogP contribution in [0.25, 0.3) is 0 Å². The molecule has 21 heavy (non-hydrogen) atoms. The summed E-state index contributed by atoms with van der Waals surface area (Å²) in [5.74, 6) is 3.23. The quantitative estimate of drug-likeness (QED) is 0.825. The molecule has 2 aliphatic rings. The van der Waals surface area contributed by atoms with Gasteiger partial charge in [0.2, 0.25) is 0 Å². The zero-order chi connectivity index (χ0) is 15.3. The van der Waals surface area contributed by atoms with Crippen molar-refractivity contribution in [2.24, 2.45) is 0 Å². The van der Waals surface area contributed by atoms with E-state index in [1.54, 1.807) is 0 Å². The lowest BCUT2D eigenvalue weighted by Gasteiger charge is -1.92. The molecular formula is C16H28N2OS2. The van der Waals surface area contributed by atoms with Crippen molar-refractivity contribution in [2.45, 2.75) is 38.0 Å². The van der Waals surface area contributed by atoms with Gasteiger partial charge in [-0.15, -0.1) is 0 Å². The van der Waals surface area contributed by atoms with Crippen LogP contribution < -0.4 is 10.6 Å². The van der Waals surface area contributed by atoms with Gasteiger partial charge in [0.25, 0.3) is 0 Å². The molecule has 3 nitrogen and oxygen atoms in total. The molecule has 2 N–H and O–H groups in total. The molecule has 3 rings (SSSR count). The Labute approximate surface area is 136 Å². The van der Waals surface area contributed by atoms with Gasteiger partial charge in [0, 0.05) is 12.3 Å². The van der Waals surface area contributed by atoms with E-state index in [0.717, 1.165) is 10.6 Å². The summed E-state index contributed by atoms with van der Waals surface area (Å²) in [4.78, 5) is 0.933. The second-order valence-electron chi connectivity index (χ2n) is 4.88. The van der Waals surface area contributed by atoms with Crippen molar-refractivity contribution in [1.82, 2.24) is 5.32 Å². The van der Waals surface area contributed by atoms with E-state index in [4.69, 9.17) is 0 Å². The number of nitrogens with one attached hydrogen (secondary N) is 2. The molecule has 0 aromatic heterocycles. The van der Waals surface area contributed by atoms with E-state index < -0.39 is 10.8 Å². The first-order chi connectivity index (χ1) is 10.3. The van der Waals surface area contributed by atoms with Crippen molar-refractivity contribution < 1.29 is 4.21 Å². The van der Waals surface area contributed by atoms with Gasteiger partial charge in [0.15, 0.2) is 0 Å². The number of para-hydroxylation sites is 1. The molecule has 1 saturated heterocycles. The minimum atomic E-state index is -0.809. The van der Waals surface area contributed by atoms with Gasteiger partial charge < -0.3 is 10.6 Å². The van der Waals surface area contributed by atoms with Gasteiger partial charge in [-0.25, -0.2) is 0 Å². The van der Waals surface area contributed by atoms with Crippen LogP contribution in [0.3, 0.4) is 0 Å². The van der Waals surface area contributed by atoms with Gasteiger partial charge in [0.1, 0.15) is 0 Å². The third-order valence-electron chi connectivity index (χ3n) is 3.09. The van der Waals surface area contributed by atoms with Crippen LogP contribution in [0.4, 0.5) is 5.69 Å². The first-order valence-corrected chi connectivity index (χ1v) is 10.3. The topological polar surface area (TPSA) is 41.1 Å². The fourth-order valence-electron chi connectivity index (χ4n) is 1.70. The Kier molecular flexibility index (Phi) is 10.6.